The van der Waals surface area contributed by atoms with Crippen molar-refractivity contribution in [2.24, 2.45) is 0 Å². The molecule has 0 atom stereocenters. The van der Waals surface area contributed by atoms with Gasteiger partial charge in [0.05, 0.1) is 0 Å². The summed E-state index contributed by atoms with van der Waals surface area (Å²) in [6.45, 7) is 6.31. The fraction of sp³-hybridized carbons (Fsp3) is 0.938. The third kappa shape index (κ3) is 8.67. The Balaban J connectivity index is 2.08. The van der Waals surface area contributed by atoms with E-state index in [-0.39, 0.29) is 0 Å². The Bertz CT molecular complexity index is 290. The molecule has 0 unspecified atom stereocenters. The Labute approximate surface area is 141 Å². The molecule has 0 aromatic rings. The molecular formula is C16H32O4SSi. The van der Waals surface area contributed by atoms with Crippen LogP contribution in [0.25, 0.3) is 0 Å². The van der Waals surface area contributed by atoms with Gasteiger partial charge < -0.3 is 13.3 Å². The summed E-state index contributed by atoms with van der Waals surface area (Å²) in [7, 11) is -2.42. The van der Waals surface area contributed by atoms with E-state index in [1.807, 2.05) is 6.92 Å². The van der Waals surface area contributed by atoms with Crippen molar-refractivity contribution in [2.45, 2.75) is 71.3 Å². The van der Waals surface area contributed by atoms with E-state index in [1.165, 1.54) is 37.4 Å². The Morgan fingerprint density at radius 3 is 2.50 bits per heavy atom. The molecule has 1 rings (SSSR count). The summed E-state index contributed by atoms with van der Waals surface area (Å²) in [5.41, 5.74) is 0. The average molecular weight is 349 g/mol. The number of rotatable bonds is 12. The highest BCUT2D eigenvalue weighted by Crippen LogP contribution is 2.23. The van der Waals surface area contributed by atoms with Crippen molar-refractivity contribution in [1.82, 2.24) is 0 Å². The smallest absolute Gasteiger partial charge is 0.374 e. The van der Waals surface area contributed by atoms with Crippen LogP contribution in [-0.4, -0.2) is 39.5 Å². The summed E-state index contributed by atoms with van der Waals surface area (Å²) in [6, 6.07) is 0.831. The first-order valence-electron chi connectivity index (χ1n) is 8.80. The van der Waals surface area contributed by atoms with Crippen molar-refractivity contribution < 1.29 is 18.1 Å². The molecule has 0 aromatic carbocycles. The van der Waals surface area contributed by atoms with Crippen molar-refractivity contribution in [1.29, 1.82) is 0 Å². The molecule has 1 saturated heterocycles. The second kappa shape index (κ2) is 12.5. The monoisotopic (exact) mass is 348 g/mol. The third-order valence-corrected chi connectivity index (χ3v) is 7.67. The number of unbranched alkanes of at least 4 members (excludes halogenated alkanes) is 4. The maximum atomic E-state index is 11.8. The van der Waals surface area contributed by atoms with E-state index >= 15 is 0 Å². The minimum absolute atomic E-state index is 0.328. The zero-order chi connectivity index (χ0) is 16.1. The molecule has 0 spiro atoms. The highest BCUT2D eigenvalue weighted by Gasteiger charge is 2.42. The molecule has 0 N–H and O–H groups in total. The van der Waals surface area contributed by atoms with Gasteiger partial charge in [-0.15, -0.1) is 0 Å². The molecule has 0 aliphatic carbocycles. The number of carbonyl (C=O) groups excluding carboxylic acids is 1. The van der Waals surface area contributed by atoms with Gasteiger partial charge >= 0.3 is 8.80 Å². The van der Waals surface area contributed by atoms with E-state index in [0.29, 0.717) is 11.7 Å². The molecule has 0 amide bonds. The highest BCUT2D eigenvalue weighted by molar-refractivity contribution is 8.13. The highest BCUT2D eigenvalue weighted by atomic mass is 32.2. The molecule has 22 heavy (non-hydrogen) atoms. The van der Waals surface area contributed by atoms with E-state index in [9.17, 15) is 4.79 Å². The molecule has 1 aliphatic heterocycles. The third-order valence-electron chi connectivity index (χ3n) is 3.67. The Morgan fingerprint density at radius 1 is 1.09 bits per heavy atom. The van der Waals surface area contributed by atoms with E-state index in [1.54, 1.807) is 0 Å². The first-order valence-corrected chi connectivity index (χ1v) is 11.7. The number of hydrogen-bond acceptors (Lipinski definition) is 5. The van der Waals surface area contributed by atoms with Crippen molar-refractivity contribution >= 4 is 25.7 Å². The first kappa shape index (κ1) is 20.2. The van der Waals surface area contributed by atoms with Crippen LogP contribution in [0.15, 0.2) is 0 Å². The largest absolute Gasteiger partial charge is 0.500 e. The molecule has 6 heteroatoms. The lowest BCUT2D eigenvalue weighted by molar-refractivity contribution is -0.111. The van der Waals surface area contributed by atoms with Gasteiger partial charge in [-0.1, -0.05) is 44.4 Å². The fourth-order valence-electron chi connectivity index (χ4n) is 2.50. The molecule has 0 aromatic heterocycles. The fourth-order valence-corrected chi connectivity index (χ4v) is 6.20. The molecule has 0 saturated carbocycles. The summed E-state index contributed by atoms with van der Waals surface area (Å²) in [5.74, 6) is 0.850. The van der Waals surface area contributed by atoms with Gasteiger partial charge in [-0.3, -0.25) is 4.79 Å². The molecule has 4 nitrogen and oxygen atoms in total. The predicted molar refractivity (Wildman–Crippen MR) is 94.2 cm³/mol. The second-order valence-corrected chi connectivity index (χ2v) is 9.54. The summed E-state index contributed by atoms with van der Waals surface area (Å²) in [6.07, 6.45) is 8.61. The molecule has 1 heterocycles. The first-order chi connectivity index (χ1) is 10.7. The standard InChI is InChI=1S/C16H32O4SSi/c1-3-5-6-7-8-11-16(17)21-14-10-15-22(18-4-2)19-12-9-13-20-22/h3-15H2,1-2H3. The van der Waals surface area contributed by atoms with Crippen LogP contribution in [0.2, 0.25) is 6.04 Å². The van der Waals surface area contributed by atoms with Crippen LogP contribution >= 0.6 is 11.8 Å². The Hall–Kier alpha value is 0.117. The lowest BCUT2D eigenvalue weighted by atomic mass is 10.1. The van der Waals surface area contributed by atoms with Crippen LogP contribution in [-0.2, 0) is 18.1 Å². The van der Waals surface area contributed by atoms with Gasteiger partial charge in [0.15, 0.2) is 5.12 Å². The molecule has 0 radical (unpaired) electrons. The number of thioether (sulfide) groups is 1. The van der Waals surface area contributed by atoms with Crippen molar-refractivity contribution in [2.75, 3.05) is 25.6 Å². The minimum atomic E-state index is -2.42. The van der Waals surface area contributed by atoms with Crippen molar-refractivity contribution in [3.8, 4) is 0 Å². The summed E-state index contributed by atoms with van der Waals surface area (Å²) >= 11 is 1.46. The summed E-state index contributed by atoms with van der Waals surface area (Å²) < 4.78 is 17.4. The topological polar surface area (TPSA) is 44.8 Å². The van der Waals surface area contributed by atoms with E-state index in [0.717, 1.165) is 50.7 Å². The predicted octanol–water partition coefficient (Wildman–Crippen LogP) is 4.41. The molecular weight excluding hydrogens is 316 g/mol. The molecule has 0 bridgehead atoms. The van der Waals surface area contributed by atoms with Crippen molar-refractivity contribution in [3.05, 3.63) is 0 Å². The van der Waals surface area contributed by atoms with E-state index < -0.39 is 8.80 Å². The minimum Gasteiger partial charge on any atom is -0.374 e. The lowest BCUT2D eigenvalue weighted by Gasteiger charge is -2.32. The second-order valence-electron chi connectivity index (χ2n) is 5.65. The maximum Gasteiger partial charge on any atom is 0.500 e. The average Bonchev–Trinajstić information content (AvgIpc) is 2.53. The van der Waals surface area contributed by atoms with E-state index in [2.05, 4.69) is 6.92 Å². The number of hydrogen-bond donors (Lipinski definition) is 0. The van der Waals surface area contributed by atoms with E-state index in [4.69, 9.17) is 13.3 Å². The van der Waals surface area contributed by atoms with Gasteiger partial charge in [-0.2, -0.15) is 0 Å². The van der Waals surface area contributed by atoms with Gasteiger partial charge in [0.25, 0.3) is 0 Å². The summed E-state index contributed by atoms with van der Waals surface area (Å²) in [5, 5.41) is 0.328. The van der Waals surface area contributed by atoms with Crippen LogP contribution in [0.5, 0.6) is 0 Å². The van der Waals surface area contributed by atoms with Gasteiger partial charge in [0, 0.05) is 38.0 Å². The Kier molecular flexibility index (Phi) is 11.5. The summed E-state index contributed by atoms with van der Waals surface area (Å²) in [4.78, 5) is 11.8. The zero-order valence-corrected chi connectivity index (χ0v) is 16.1. The zero-order valence-electron chi connectivity index (χ0n) is 14.2. The molecule has 1 aliphatic rings. The number of carbonyl (C=O) groups is 1. The van der Waals surface area contributed by atoms with Crippen LogP contribution in [0.4, 0.5) is 0 Å². The van der Waals surface area contributed by atoms with Gasteiger partial charge in [-0.25, -0.2) is 0 Å². The van der Waals surface area contributed by atoms with Crippen LogP contribution in [0, 0.1) is 0 Å². The maximum absolute atomic E-state index is 11.8. The normalized spacial score (nSPS) is 17.5. The SMILES string of the molecule is CCCCCCCC(=O)SCCC[Si]1(OCC)OCCCO1. The van der Waals surface area contributed by atoms with Gasteiger partial charge in [0.1, 0.15) is 0 Å². The molecule has 130 valence electrons. The van der Waals surface area contributed by atoms with Crippen LogP contribution in [0.1, 0.15) is 65.2 Å². The van der Waals surface area contributed by atoms with Crippen molar-refractivity contribution in [3.63, 3.8) is 0 Å². The van der Waals surface area contributed by atoms with Crippen LogP contribution in [0.3, 0.4) is 0 Å². The van der Waals surface area contributed by atoms with Gasteiger partial charge in [0.2, 0.25) is 0 Å². The lowest BCUT2D eigenvalue weighted by Crippen LogP contribution is -2.49. The van der Waals surface area contributed by atoms with Crippen LogP contribution < -0.4 is 0 Å². The quantitative estimate of drug-likeness (QED) is 0.386. The van der Waals surface area contributed by atoms with Gasteiger partial charge in [-0.05, 0) is 26.2 Å². The Morgan fingerprint density at radius 2 is 1.82 bits per heavy atom. The molecule has 1 fully saturated rings.